The van der Waals surface area contributed by atoms with Crippen LogP contribution in [-0.4, -0.2) is 5.78 Å². The summed E-state index contributed by atoms with van der Waals surface area (Å²) in [5, 5.41) is 2.03. The van der Waals surface area contributed by atoms with Crippen molar-refractivity contribution in [3.63, 3.8) is 0 Å². The van der Waals surface area contributed by atoms with Crippen molar-refractivity contribution in [2.24, 2.45) is 0 Å². The lowest BCUT2D eigenvalue weighted by Gasteiger charge is -2.01. The zero-order valence-electron chi connectivity index (χ0n) is 11.2. The van der Waals surface area contributed by atoms with E-state index in [9.17, 15) is 4.79 Å². The fourth-order valence-corrected chi connectivity index (χ4v) is 3.52. The van der Waals surface area contributed by atoms with Crippen molar-refractivity contribution in [3.05, 3.63) is 20.8 Å². The minimum Gasteiger partial charge on any atom is -0.299 e. The van der Waals surface area contributed by atoms with Crippen molar-refractivity contribution in [2.45, 2.75) is 64.7 Å². The van der Waals surface area contributed by atoms with E-state index < -0.39 is 0 Å². The van der Waals surface area contributed by atoms with Gasteiger partial charge in [0.15, 0.2) is 0 Å². The number of halogens is 1. The second kappa shape index (κ2) is 9.74. The average Bonchev–Trinajstić information content (AvgIpc) is 2.74. The molecule has 1 nitrogen and oxygen atoms in total. The van der Waals surface area contributed by atoms with Crippen LogP contribution in [0.1, 0.15) is 63.2 Å². The quantitative estimate of drug-likeness (QED) is 0.498. The number of rotatable bonds is 10. The van der Waals surface area contributed by atoms with Crippen LogP contribution in [0.15, 0.2) is 15.9 Å². The number of unbranched alkanes of at least 4 members (excludes halogenated alkanes) is 6. The van der Waals surface area contributed by atoms with Crippen molar-refractivity contribution < 1.29 is 4.79 Å². The highest BCUT2D eigenvalue weighted by atomic mass is 79.9. The summed E-state index contributed by atoms with van der Waals surface area (Å²) in [5.41, 5.74) is 0. The molecule has 0 atom stereocenters. The van der Waals surface area contributed by atoms with Crippen LogP contribution in [0.2, 0.25) is 0 Å². The van der Waals surface area contributed by atoms with Crippen LogP contribution in [0.25, 0.3) is 0 Å². The molecule has 0 aliphatic heterocycles. The third-order valence-electron chi connectivity index (χ3n) is 3.11. The van der Waals surface area contributed by atoms with Gasteiger partial charge >= 0.3 is 0 Å². The Balaban J connectivity index is 2.02. The lowest BCUT2D eigenvalue weighted by molar-refractivity contribution is -0.118. The summed E-state index contributed by atoms with van der Waals surface area (Å²) < 4.78 is 1.08. The molecule has 0 N–H and O–H groups in total. The summed E-state index contributed by atoms with van der Waals surface area (Å²) in [6, 6.07) is 2.01. The first-order valence-corrected chi connectivity index (χ1v) is 8.65. The van der Waals surface area contributed by atoms with Gasteiger partial charge in [0.05, 0.1) is 0 Å². The highest BCUT2D eigenvalue weighted by Gasteiger charge is 2.07. The molecule has 0 saturated carbocycles. The summed E-state index contributed by atoms with van der Waals surface area (Å²) >= 11 is 5.13. The summed E-state index contributed by atoms with van der Waals surface area (Å²) in [6.45, 7) is 2.24. The van der Waals surface area contributed by atoms with Gasteiger partial charge in [-0.25, -0.2) is 0 Å². The molecule has 102 valence electrons. The van der Waals surface area contributed by atoms with Gasteiger partial charge in [-0.3, -0.25) is 4.79 Å². The summed E-state index contributed by atoms with van der Waals surface area (Å²) in [7, 11) is 0. The van der Waals surface area contributed by atoms with E-state index in [0.29, 0.717) is 12.2 Å². The molecule has 1 aromatic heterocycles. The van der Waals surface area contributed by atoms with Crippen LogP contribution >= 0.6 is 27.3 Å². The van der Waals surface area contributed by atoms with Crippen LogP contribution < -0.4 is 0 Å². The zero-order valence-corrected chi connectivity index (χ0v) is 13.6. The standard InChI is InChI=1S/C15H23BrOS/c1-2-3-4-5-6-7-8-9-13(17)12-15-14(16)10-11-18-15/h10-11H,2-9,12H2,1H3. The maximum atomic E-state index is 11.8. The number of thiophene rings is 1. The van der Waals surface area contributed by atoms with E-state index in [1.807, 2.05) is 11.4 Å². The fourth-order valence-electron chi connectivity index (χ4n) is 2.00. The smallest absolute Gasteiger partial charge is 0.138 e. The molecule has 0 bridgehead atoms. The second-order valence-corrected chi connectivity index (χ2v) is 6.63. The molecule has 0 radical (unpaired) electrons. The third-order valence-corrected chi connectivity index (χ3v) is 5.03. The Labute approximate surface area is 123 Å². The SMILES string of the molecule is CCCCCCCCCC(=O)Cc1sccc1Br. The van der Waals surface area contributed by atoms with Gasteiger partial charge in [0.25, 0.3) is 0 Å². The largest absolute Gasteiger partial charge is 0.299 e. The maximum Gasteiger partial charge on any atom is 0.138 e. The first-order valence-electron chi connectivity index (χ1n) is 6.97. The molecule has 1 rings (SSSR count). The Morgan fingerprint density at radius 3 is 2.44 bits per heavy atom. The molecule has 0 aromatic carbocycles. The van der Waals surface area contributed by atoms with E-state index in [4.69, 9.17) is 0 Å². The molecule has 0 aliphatic carbocycles. The normalized spacial score (nSPS) is 10.8. The molecule has 0 fully saturated rings. The highest BCUT2D eigenvalue weighted by molar-refractivity contribution is 9.10. The van der Waals surface area contributed by atoms with Gasteiger partial charge < -0.3 is 0 Å². The summed E-state index contributed by atoms with van der Waals surface area (Å²) in [4.78, 5) is 13.0. The van der Waals surface area contributed by atoms with Gasteiger partial charge in [-0.05, 0) is 33.8 Å². The fraction of sp³-hybridized carbons (Fsp3) is 0.667. The van der Waals surface area contributed by atoms with E-state index in [-0.39, 0.29) is 0 Å². The zero-order chi connectivity index (χ0) is 13.2. The van der Waals surface area contributed by atoms with Crippen molar-refractivity contribution in [1.29, 1.82) is 0 Å². The molecule has 18 heavy (non-hydrogen) atoms. The van der Waals surface area contributed by atoms with E-state index in [1.54, 1.807) is 11.3 Å². The maximum absolute atomic E-state index is 11.8. The minimum absolute atomic E-state index is 0.381. The van der Waals surface area contributed by atoms with Gasteiger partial charge in [0.2, 0.25) is 0 Å². The lowest BCUT2D eigenvalue weighted by atomic mass is 10.1. The highest BCUT2D eigenvalue weighted by Crippen LogP contribution is 2.23. The predicted molar refractivity (Wildman–Crippen MR) is 83.3 cm³/mol. The number of carbonyl (C=O) groups excluding carboxylic acids is 1. The molecule has 1 heterocycles. The van der Waals surface area contributed by atoms with Gasteiger partial charge in [0, 0.05) is 22.2 Å². The molecule has 1 aromatic rings. The van der Waals surface area contributed by atoms with Gasteiger partial charge in [-0.15, -0.1) is 11.3 Å². The monoisotopic (exact) mass is 330 g/mol. The molecular formula is C15H23BrOS. The Morgan fingerprint density at radius 1 is 1.17 bits per heavy atom. The van der Waals surface area contributed by atoms with E-state index in [0.717, 1.165) is 17.3 Å². The molecule has 3 heteroatoms. The van der Waals surface area contributed by atoms with Crippen molar-refractivity contribution in [3.8, 4) is 0 Å². The molecule has 0 unspecified atom stereocenters. The first-order chi connectivity index (χ1) is 8.74. The van der Waals surface area contributed by atoms with Crippen molar-refractivity contribution in [1.82, 2.24) is 0 Å². The van der Waals surface area contributed by atoms with Crippen molar-refractivity contribution >= 4 is 33.0 Å². The summed E-state index contributed by atoms with van der Waals surface area (Å²) in [5.74, 6) is 0.381. The van der Waals surface area contributed by atoms with E-state index in [1.165, 1.54) is 43.4 Å². The molecule has 0 amide bonds. The van der Waals surface area contributed by atoms with Crippen LogP contribution in [0.5, 0.6) is 0 Å². The van der Waals surface area contributed by atoms with Gasteiger partial charge in [-0.1, -0.05) is 45.4 Å². The van der Waals surface area contributed by atoms with E-state index >= 15 is 0 Å². The molecular weight excluding hydrogens is 308 g/mol. The number of hydrogen-bond acceptors (Lipinski definition) is 2. The van der Waals surface area contributed by atoms with Crippen LogP contribution in [-0.2, 0) is 11.2 Å². The molecule has 0 saturated heterocycles. The Kier molecular flexibility index (Phi) is 8.60. The number of Topliss-reactive ketones (excluding diaryl/α,β-unsaturated/α-hetero) is 1. The second-order valence-electron chi connectivity index (χ2n) is 4.78. The lowest BCUT2D eigenvalue weighted by Crippen LogP contribution is -2.01. The van der Waals surface area contributed by atoms with Crippen molar-refractivity contribution in [2.75, 3.05) is 0 Å². The van der Waals surface area contributed by atoms with Crippen LogP contribution in [0.3, 0.4) is 0 Å². The number of hydrogen-bond donors (Lipinski definition) is 0. The van der Waals surface area contributed by atoms with Crippen LogP contribution in [0, 0.1) is 0 Å². The number of ketones is 1. The predicted octanol–water partition coefficient (Wildman–Crippen LogP) is 5.76. The minimum atomic E-state index is 0.381. The summed E-state index contributed by atoms with van der Waals surface area (Å²) in [6.07, 6.45) is 10.3. The molecule has 0 spiro atoms. The van der Waals surface area contributed by atoms with Crippen LogP contribution in [0.4, 0.5) is 0 Å². The average molecular weight is 331 g/mol. The third kappa shape index (κ3) is 6.69. The molecule has 0 aliphatic rings. The first kappa shape index (κ1) is 15.9. The topological polar surface area (TPSA) is 17.1 Å². The van der Waals surface area contributed by atoms with E-state index in [2.05, 4.69) is 22.9 Å². The Bertz CT molecular complexity index is 346. The van der Waals surface area contributed by atoms with Gasteiger partial charge in [0.1, 0.15) is 5.78 Å². The Hall–Kier alpha value is -0.150. The Morgan fingerprint density at radius 2 is 1.83 bits per heavy atom. The number of carbonyl (C=O) groups is 1. The van der Waals surface area contributed by atoms with Gasteiger partial charge in [-0.2, -0.15) is 0 Å².